The van der Waals surface area contributed by atoms with Gasteiger partial charge < -0.3 is 0 Å². The minimum Gasteiger partial charge on any atom is -0.112 e. The third-order valence-corrected chi connectivity index (χ3v) is 2.81. The smallest absolute Gasteiger partial charge is 0.0243 e. The van der Waals surface area contributed by atoms with Crippen molar-refractivity contribution in [3.63, 3.8) is 0 Å². The molecule has 0 radical (unpaired) electrons. The number of fused-ring (bicyclic) bond motifs is 3. The molecule has 14 heavy (non-hydrogen) atoms. The fourth-order valence-corrected chi connectivity index (χ4v) is 2.06. The third kappa shape index (κ3) is 0.891. The molecule has 0 fully saturated rings. The van der Waals surface area contributed by atoms with Crippen LogP contribution in [0.4, 0.5) is 0 Å². The second kappa shape index (κ2) is 2.60. The first-order valence-corrected chi connectivity index (χ1v) is 4.82. The van der Waals surface area contributed by atoms with Crippen molar-refractivity contribution in [2.45, 2.75) is 6.92 Å². The van der Waals surface area contributed by atoms with E-state index in [1.165, 1.54) is 26.8 Å². The maximum absolute atomic E-state index is 3.23. The molecule has 0 nitrogen and oxygen atoms in total. The van der Waals surface area contributed by atoms with Crippen molar-refractivity contribution in [1.29, 1.82) is 0 Å². The van der Waals surface area contributed by atoms with Crippen LogP contribution in [-0.4, -0.2) is 0 Å². The van der Waals surface area contributed by atoms with Crippen LogP contribution in [0.5, 0.6) is 0 Å². The van der Waals surface area contributed by atoms with E-state index in [2.05, 4.69) is 49.1 Å². The molecule has 0 saturated carbocycles. The number of allylic oxidation sites excluding steroid dienone is 1. The van der Waals surface area contributed by atoms with Gasteiger partial charge in [-0.3, -0.25) is 0 Å². The molecule has 0 saturated heterocycles. The molecule has 0 amide bonds. The highest BCUT2D eigenvalue weighted by molar-refractivity contribution is 5.87. The number of benzene rings is 2. The molecule has 0 heteroatoms. The molecule has 0 unspecified atom stereocenters. The fraction of sp³-hybridized carbons (Fsp3) is 0.0714. The summed E-state index contributed by atoms with van der Waals surface area (Å²) in [5, 5.41) is 5.21. The van der Waals surface area contributed by atoms with E-state index in [1.807, 2.05) is 6.08 Å². The lowest BCUT2D eigenvalue weighted by atomic mass is 10.0. The lowest BCUT2D eigenvalue weighted by molar-refractivity contribution is 1.51. The average molecular weight is 178 g/mol. The van der Waals surface area contributed by atoms with Gasteiger partial charge in [0.1, 0.15) is 0 Å². The van der Waals surface area contributed by atoms with E-state index in [1.54, 1.807) is 0 Å². The zero-order valence-electron chi connectivity index (χ0n) is 8.04. The Morgan fingerprint density at radius 1 is 1.00 bits per heavy atom. The normalized spacial score (nSPS) is 12.4. The Balaban J connectivity index is 2.68. The van der Waals surface area contributed by atoms with Crippen molar-refractivity contribution < 1.29 is 0 Å². The zero-order valence-corrected chi connectivity index (χ0v) is 8.04. The summed E-state index contributed by atoms with van der Waals surface area (Å²) in [6, 6.07) is 10.8. The van der Waals surface area contributed by atoms with Crippen LogP contribution in [0.3, 0.4) is 0 Å². The van der Waals surface area contributed by atoms with Crippen LogP contribution < -0.4 is 10.4 Å². The highest BCUT2D eigenvalue weighted by atomic mass is 14.0. The van der Waals surface area contributed by atoms with Crippen molar-refractivity contribution in [2.75, 3.05) is 0 Å². The van der Waals surface area contributed by atoms with Gasteiger partial charge in [0.15, 0.2) is 0 Å². The summed E-state index contributed by atoms with van der Waals surface area (Å²) in [5.74, 6) is 0. The number of hydrogen-bond acceptors (Lipinski definition) is 0. The van der Waals surface area contributed by atoms with Crippen LogP contribution in [0.25, 0.3) is 22.6 Å². The summed E-state index contributed by atoms with van der Waals surface area (Å²) in [6.07, 6.45) is 4.13. The van der Waals surface area contributed by atoms with Crippen molar-refractivity contribution in [3.05, 3.63) is 52.4 Å². The summed E-state index contributed by atoms with van der Waals surface area (Å²) in [6.45, 7) is 2.15. The summed E-state index contributed by atoms with van der Waals surface area (Å²) in [5.41, 5.74) is 4.57. The monoisotopic (exact) mass is 178 g/mol. The predicted octanol–water partition coefficient (Wildman–Crippen LogP) is 1.88. The van der Waals surface area contributed by atoms with Gasteiger partial charge in [-0.05, 0) is 46.7 Å². The van der Waals surface area contributed by atoms with Crippen LogP contribution in [0.15, 0.2) is 36.4 Å². The van der Waals surface area contributed by atoms with Gasteiger partial charge in [0.2, 0.25) is 0 Å². The van der Waals surface area contributed by atoms with E-state index >= 15 is 0 Å². The quantitative estimate of drug-likeness (QED) is 0.578. The van der Waals surface area contributed by atoms with E-state index in [9.17, 15) is 0 Å². The van der Waals surface area contributed by atoms with Gasteiger partial charge in [0.05, 0.1) is 0 Å². The number of hydrogen-bond donors (Lipinski definition) is 0. The number of rotatable bonds is 0. The SMILES string of the molecule is Cc1cccc2c3c(ccc12)=C=CC=3. The Hall–Kier alpha value is -1.78. The fourth-order valence-electron chi connectivity index (χ4n) is 2.06. The van der Waals surface area contributed by atoms with Crippen molar-refractivity contribution in [3.8, 4) is 0 Å². The molecule has 0 aromatic heterocycles. The van der Waals surface area contributed by atoms with Crippen molar-refractivity contribution >= 4 is 22.6 Å². The molecular formula is C14H10. The topological polar surface area (TPSA) is 0 Å². The second-order valence-electron chi connectivity index (χ2n) is 3.67. The zero-order chi connectivity index (χ0) is 9.54. The highest BCUT2D eigenvalue weighted by Crippen LogP contribution is 2.13. The Labute approximate surface area is 82.5 Å². The molecule has 66 valence electrons. The molecule has 0 atom stereocenters. The first-order chi connectivity index (χ1) is 6.86. The lowest BCUT2D eigenvalue weighted by Crippen LogP contribution is -2.21. The molecule has 3 rings (SSSR count). The van der Waals surface area contributed by atoms with Gasteiger partial charge in [-0.15, -0.1) is 5.73 Å². The Morgan fingerprint density at radius 2 is 1.93 bits per heavy atom. The van der Waals surface area contributed by atoms with Crippen LogP contribution in [0.2, 0.25) is 0 Å². The van der Waals surface area contributed by atoms with Gasteiger partial charge in [-0.25, -0.2) is 0 Å². The minimum absolute atomic E-state index is 1.21. The van der Waals surface area contributed by atoms with Crippen LogP contribution in [0.1, 0.15) is 5.56 Å². The third-order valence-electron chi connectivity index (χ3n) is 2.81. The van der Waals surface area contributed by atoms with E-state index in [0.29, 0.717) is 0 Å². The van der Waals surface area contributed by atoms with Gasteiger partial charge in [0.25, 0.3) is 0 Å². The van der Waals surface area contributed by atoms with Crippen molar-refractivity contribution in [1.82, 2.24) is 0 Å². The Kier molecular flexibility index (Phi) is 1.41. The molecule has 0 bridgehead atoms. The lowest BCUT2D eigenvalue weighted by Gasteiger charge is -2.01. The molecule has 0 N–H and O–H groups in total. The van der Waals surface area contributed by atoms with E-state index in [-0.39, 0.29) is 0 Å². The first kappa shape index (κ1) is 7.61. The molecule has 2 aromatic carbocycles. The van der Waals surface area contributed by atoms with Crippen LogP contribution in [-0.2, 0) is 0 Å². The van der Waals surface area contributed by atoms with Crippen LogP contribution in [0, 0.1) is 6.92 Å². The molecule has 1 aliphatic rings. The predicted molar refractivity (Wildman–Crippen MR) is 60.4 cm³/mol. The van der Waals surface area contributed by atoms with Crippen molar-refractivity contribution in [2.24, 2.45) is 0 Å². The Morgan fingerprint density at radius 3 is 2.86 bits per heavy atom. The summed E-state index contributed by atoms with van der Waals surface area (Å²) in [7, 11) is 0. The Bertz CT molecular complexity index is 669. The second-order valence-corrected chi connectivity index (χ2v) is 3.67. The van der Waals surface area contributed by atoms with E-state index < -0.39 is 0 Å². The highest BCUT2D eigenvalue weighted by Gasteiger charge is 1.99. The largest absolute Gasteiger partial charge is 0.112 e. The maximum atomic E-state index is 3.23. The van der Waals surface area contributed by atoms with E-state index in [4.69, 9.17) is 0 Å². The average Bonchev–Trinajstić information content (AvgIpc) is 2.66. The molecule has 1 aliphatic carbocycles. The van der Waals surface area contributed by atoms with Gasteiger partial charge in [-0.1, -0.05) is 24.3 Å². The molecule has 0 aliphatic heterocycles. The first-order valence-electron chi connectivity index (χ1n) is 4.82. The number of aryl methyl sites for hydroxylation is 1. The molecule has 0 heterocycles. The van der Waals surface area contributed by atoms with Gasteiger partial charge >= 0.3 is 0 Å². The molecular weight excluding hydrogens is 168 g/mol. The summed E-state index contributed by atoms with van der Waals surface area (Å²) < 4.78 is 0. The standard InChI is InChI=1S/C14H10/c1-10-4-2-7-14-12(10)9-8-11-5-3-6-13(11)14/h2-4,6-9H,1H3. The van der Waals surface area contributed by atoms with E-state index in [0.717, 1.165) is 0 Å². The minimum atomic E-state index is 1.21. The van der Waals surface area contributed by atoms with Crippen LogP contribution >= 0.6 is 0 Å². The van der Waals surface area contributed by atoms with Gasteiger partial charge in [0, 0.05) is 5.22 Å². The maximum Gasteiger partial charge on any atom is 0.0243 e. The molecule has 0 spiro atoms. The molecule has 2 aromatic rings. The summed E-state index contributed by atoms with van der Waals surface area (Å²) in [4.78, 5) is 0. The van der Waals surface area contributed by atoms with Gasteiger partial charge in [-0.2, -0.15) is 0 Å². The summed E-state index contributed by atoms with van der Waals surface area (Å²) >= 11 is 0.